The standard InChI is InChI=1S/C53H36N4/c1-53(2)51-32-47(57(43-20-13-36(34-55)14-21-43)45-23-16-38-8-4-6-10-40(38)30-45)25-28-49(51)50-26-17-41-31-46(24-27-48(41)52(50)53)56(42-18-11-35(33-54)12-19-42)44-22-15-37-7-3-5-9-39(37)29-44/h3-32H,1-2H3. The van der Waals surface area contributed by atoms with E-state index in [2.05, 4.69) is 169 Å². The van der Waals surface area contributed by atoms with E-state index in [1.54, 1.807) is 0 Å². The van der Waals surface area contributed by atoms with Crippen LogP contribution in [0.15, 0.2) is 182 Å². The first-order chi connectivity index (χ1) is 27.9. The Labute approximate surface area is 332 Å². The third-order valence-corrected chi connectivity index (χ3v) is 11.6. The van der Waals surface area contributed by atoms with Gasteiger partial charge in [0.15, 0.2) is 0 Å². The van der Waals surface area contributed by atoms with Crippen molar-refractivity contribution >= 4 is 66.4 Å². The molecule has 0 saturated heterocycles. The van der Waals surface area contributed by atoms with Crippen molar-refractivity contribution in [3.8, 4) is 23.3 Å². The fourth-order valence-electron chi connectivity index (χ4n) is 8.81. The molecule has 268 valence electrons. The molecule has 0 spiro atoms. The van der Waals surface area contributed by atoms with Crippen LogP contribution in [0.3, 0.4) is 0 Å². The zero-order chi connectivity index (χ0) is 38.7. The van der Waals surface area contributed by atoms with Crippen LogP contribution in [-0.2, 0) is 5.41 Å². The van der Waals surface area contributed by atoms with E-state index in [9.17, 15) is 10.5 Å². The Hall–Kier alpha value is -7.66. The number of nitriles is 2. The Balaban J connectivity index is 1.08. The SMILES string of the molecule is CC1(C)c2cc(N(c3ccc(C#N)cc3)c3ccc4ccccc4c3)ccc2-c2ccc3cc(N(c4ccc(C#N)cc4)c4ccc5ccccc5c4)ccc3c21. The molecule has 57 heavy (non-hydrogen) atoms. The third kappa shape index (κ3) is 5.67. The Morgan fingerprint density at radius 3 is 1.32 bits per heavy atom. The number of rotatable bonds is 6. The first-order valence-corrected chi connectivity index (χ1v) is 19.2. The van der Waals surface area contributed by atoms with Gasteiger partial charge in [0.1, 0.15) is 0 Å². The maximum atomic E-state index is 9.57. The maximum absolute atomic E-state index is 9.57. The third-order valence-electron chi connectivity index (χ3n) is 11.6. The van der Waals surface area contributed by atoms with Crippen molar-refractivity contribution in [2.75, 3.05) is 9.80 Å². The molecule has 0 aliphatic heterocycles. The number of nitrogens with zero attached hydrogens (tertiary/aromatic N) is 4. The van der Waals surface area contributed by atoms with Crippen LogP contribution in [0.25, 0.3) is 43.4 Å². The van der Waals surface area contributed by atoms with Gasteiger partial charge in [-0.05, 0) is 152 Å². The first kappa shape index (κ1) is 33.9. The van der Waals surface area contributed by atoms with Crippen molar-refractivity contribution in [2.24, 2.45) is 0 Å². The van der Waals surface area contributed by atoms with E-state index in [1.807, 2.05) is 48.5 Å². The molecule has 0 radical (unpaired) electrons. The molecule has 0 saturated carbocycles. The van der Waals surface area contributed by atoms with Crippen LogP contribution in [0.1, 0.15) is 36.1 Å². The maximum Gasteiger partial charge on any atom is 0.0991 e. The highest BCUT2D eigenvalue weighted by molar-refractivity contribution is 6.01. The van der Waals surface area contributed by atoms with Gasteiger partial charge in [0.05, 0.1) is 23.3 Å². The van der Waals surface area contributed by atoms with Gasteiger partial charge >= 0.3 is 0 Å². The summed E-state index contributed by atoms with van der Waals surface area (Å²) in [5, 5.41) is 26.2. The molecule has 0 aromatic heterocycles. The lowest BCUT2D eigenvalue weighted by Gasteiger charge is -2.29. The molecule has 1 aliphatic carbocycles. The van der Waals surface area contributed by atoms with E-state index in [1.165, 1.54) is 54.6 Å². The van der Waals surface area contributed by atoms with E-state index in [-0.39, 0.29) is 5.41 Å². The largest absolute Gasteiger partial charge is 0.310 e. The van der Waals surface area contributed by atoms with Gasteiger partial charge in [0.2, 0.25) is 0 Å². The second-order valence-corrected chi connectivity index (χ2v) is 15.3. The topological polar surface area (TPSA) is 54.1 Å². The van der Waals surface area contributed by atoms with Crippen LogP contribution in [0, 0.1) is 22.7 Å². The molecule has 0 amide bonds. The second-order valence-electron chi connectivity index (χ2n) is 15.3. The quantitative estimate of drug-likeness (QED) is 0.171. The molecule has 9 aromatic carbocycles. The summed E-state index contributed by atoms with van der Waals surface area (Å²) >= 11 is 0. The molecule has 4 heteroatoms. The van der Waals surface area contributed by atoms with Gasteiger partial charge in [0.25, 0.3) is 0 Å². The molecule has 10 rings (SSSR count). The van der Waals surface area contributed by atoms with Crippen molar-refractivity contribution in [1.29, 1.82) is 10.5 Å². The monoisotopic (exact) mass is 728 g/mol. The zero-order valence-electron chi connectivity index (χ0n) is 31.6. The van der Waals surface area contributed by atoms with Crippen molar-refractivity contribution in [1.82, 2.24) is 0 Å². The normalized spacial score (nSPS) is 12.5. The lowest BCUT2D eigenvalue weighted by Crippen LogP contribution is -2.17. The predicted molar refractivity (Wildman–Crippen MR) is 235 cm³/mol. The second kappa shape index (κ2) is 13.3. The zero-order valence-corrected chi connectivity index (χ0v) is 31.6. The molecular weight excluding hydrogens is 693 g/mol. The Morgan fingerprint density at radius 2 is 0.789 bits per heavy atom. The van der Waals surface area contributed by atoms with E-state index in [0.29, 0.717) is 11.1 Å². The minimum Gasteiger partial charge on any atom is -0.310 e. The molecule has 9 aromatic rings. The average Bonchev–Trinajstić information content (AvgIpc) is 3.49. The summed E-state index contributed by atoms with van der Waals surface area (Å²) in [6.45, 7) is 4.68. The van der Waals surface area contributed by atoms with Gasteiger partial charge in [-0.2, -0.15) is 10.5 Å². The summed E-state index contributed by atoms with van der Waals surface area (Å²) in [4.78, 5) is 4.57. The number of anilines is 6. The molecule has 1 aliphatic rings. The van der Waals surface area contributed by atoms with E-state index >= 15 is 0 Å². The highest BCUT2D eigenvalue weighted by Crippen LogP contribution is 2.53. The lowest BCUT2D eigenvalue weighted by molar-refractivity contribution is 0.666. The highest BCUT2D eigenvalue weighted by atomic mass is 15.1. The van der Waals surface area contributed by atoms with Crippen LogP contribution in [0.5, 0.6) is 0 Å². The minimum absolute atomic E-state index is 0.285. The van der Waals surface area contributed by atoms with Gasteiger partial charge in [-0.1, -0.05) is 98.8 Å². The molecule has 0 unspecified atom stereocenters. The Morgan fingerprint density at radius 1 is 0.386 bits per heavy atom. The number of benzene rings is 9. The summed E-state index contributed by atoms with van der Waals surface area (Å²) in [5.74, 6) is 0. The van der Waals surface area contributed by atoms with Crippen molar-refractivity contribution in [3.05, 3.63) is 204 Å². The van der Waals surface area contributed by atoms with Crippen molar-refractivity contribution in [3.63, 3.8) is 0 Å². The van der Waals surface area contributed by atoms with Crippen molar-refractivity contribution in [2.45, 2.75) is 19.3 Å². The summed E-state index contributed by atoms with van der Waals surface area (Å²) in [5.41, 5.74) is 12.3. The molecule has 0 heterocycles. The average molecular weight is 729 g/mol. The van der Waals surface area contributed by atoms with E-state index in [4.69, 9.17) is 0 Å². The molecule has 0 N–H and O–H groups in total. The Bertz CT molecular complexity index is 3130. The van der Waals surface area contributed by atoms with Gasteiger partial charge < -0.3 is 9.80 Å². The van der Waals surface area contributed by atoms with Crippen LogP contribution < -0.4 is 9.80 Å². The summed E-state index contributed by atoms with van der Waals surface area (Å²) < 4.78 is 0. The van der Waals surface area contributed by atoms with Crippen LogP contribution in [-0.4, -0.2) is 0 Å². The summed E-state index contributed by atoms with van der Waals surface area (Å²) in [6, 6.07) is 68.5. The Kier molecular flexibility index (Phi) is 7.89. The van der Waals surface area contributed by atoms with Gasteiger partial charge in [-0.15, -0.1) is 0 Å². The lowest BCUT2D eigenvalue weighted by atomic mass is 9.80. The smallest absolute Gasteiger partial charge is 0.0991 e. The molecule has 0 bridgehead atoms. The minimum atomic E-state index is -0.285. The molecular formula is C53H36N4. The van der Waals surface area contributed by atoms with E-state index in [0.717, 1.165) is 34.1 Å². The van der Waals surface area contributed by atoms with Gasteiger partial charge in [-0.25, -0.2) is 0 Å². The number of hydrogen-bond donors (Lipinski definition) is 0. The molecule has 4 nitrogen and oxygen atoms in total. The summed E-state index contributed by atoms with van der Waals surface area (Å²) in [6.07, 6.45) is 0. The van der Waals surface area contributed by atoms with Crippen LogP contribution in [0.2, 0.25) is 0 Å². The van der Waals surface area contributed by atoms with Crippen molar-refractivity contribution < 1.29 is 0 Å². The van der Waals surface area contributed by atoms with Crippen LogP contribution >= 0.6 is 0 Å². The predicted octanol–water partition coefficient (Wildman–Crippen LogP) is 14.1. The summed E-state index contributed by atoms with van der Waals surface area (Å²) in [7, 11) is 0. The van der Waals surface area contributed by atoms with Crippen LogP contribution in [0.4, 0.5) is 34.1 Å². The first-order valence-electron chi connectivity index (χ1n) is 19.2. The van der Waals surface area contributed by atoms with Gasteiger partial charge in [0, 0.05) is 39.5 Å². The molecule has 0 atom stereocenters. The number of hydrogen-bond acceptors (Lipinski definition) is 4. The fourth-order valence-corrected chi connectivity index (χ4v) is 8.81. The highest BCUT2D eigenvalue weighted by Gasteiger charge is 2.37. The fraction of sp³-hybridized carbons (Fsp3) is 0.0566. The van der Waals surface area contributed by atoms with Gasteiger partial charge in [-0.3, -0.25) is 0 Å². The van der Waals surface area contributed by atoms with E-state index < -0.39 is 0 Å². The number of fused-ring (bicyclic) bond motifs is 7. The molecule has 0 fully saturated rings.